The molecule has 1 amide bonds. The molecule has 146 valence electrons. The van der Waals surface area contributed by atoms with Crippen molar-refractivity contribution in [3.8, 4) is 0 Å². The van der Waals surface area contributed by atoms with E-state index in [1.54, 1.807) is 29.4 Å². The zero-order valence-electron chi connectivity index (χ0n) is 16.1. The number of likely N-dealkylation sites (N-methyl/N-ethyl adjacent to an activating group) is 1. The normalized spacial score (nSPS) is 19.0. The molecular formula is C19H25N3O3S2. The van der Waals surface area contributed by atoms with Crippen LogP contribution in [0.3, 0.4) is 0 Å². The van der Waals surface area contributed by atoms with Crippen LogP contribution < -0.4 is 0 Å². The Kier molecular flexibility index (Phi) is 5.58. The summed E-state index contributed by atoms with van der Waals surface area (Å²) in [4.78, 5) is 15.2. The van der Waals surface area contributed by atoms with E-state index in [0.717, 1.165) is 27.4 Å². The lowest BCUT2D eigenvalue weighted by atomic mass is 10.1. The quantitative estimate of drug-likeness (QED) is 0.715. The van der Waals surface area contributed by atoms with Gasteiger partial charge in [-0.3, -0.25) is 9.48 Å². The number of thiophene rings is 1. The molecule has 0 saturated carbocycles. The van der Waals surface area contributed by atoms with Gasteiger partial charge in [0.2, 0.25) is 5.91 Å². The summed E-state index contributed by atoms with van der Waals surface area (Å²) in [6.45, 7) is 6.33. The van der Waals surface area contributed by atoms with Crippen LogP contribution in [-0.4, -0.2) is 47.6 Å². The zero-order chi connectivity index (χ0) is 19.8. The van der Waals surface area contributed by atoms with Gasteiger partial charge in [0.25, 0.3) is 0 Å². The van der Waals surface area contributed by atoms with Crippen LogP contribution in [0.2, 0.25) is 0 Å². The van der Waals surface area contributed by atoms with Gasteiger partial charge in [-0.25, -0.2) is 8.42 Å². The van der Waals surface area contributed by atoms with Crippen LogP contribution in [0, 0.1) is 20.8 Å². The summed E-state index contributed by atoms with van der Waals surface area (Å²) in [5.74, 6) is 0.292. The molecule has 2 aromatic heterocycles. The van der Waals surface area contributed by atoms with Gasteiger partial charge in [-0.1, -0.05) is 0 Å². The molecule has 0 aromatic carbocycles. The minimum absolute atomic E-state index is 0.0715. The van der Waals surface area contributed by atoms with Gasteiger partial charge < -0.3 is 4.90 Å². The van der Waals surface area contributed by atoms with E-state index in [-0.39, 0.29) is 23.5 Å². The average molecular weight is 408 g/mol. The average Bonchev–Trinajstić information content (AvgIpc) is 3.25. The molecule has 1 aliphatic rings. The molecule has 1 atom stereocenters. The van der Waals surface area contributed by atoms with Crippen molar-refractivity contribution in [2.24, 2.45) is 0 Å². The van der Waals surface area contributed by atoms with Crippen LogP contribution in [0.25, 0.3) is 6.08 Å². The molecule has 1 saturated heterocycles. The maximum absolute atomic E-state index is 12.5. The van der Waals surface area contributed by atoms with Crippen molar-refractivity contribution >= 4 is 33.2 Å². The van der Waals surface area contributed by atoms with Crippen molar-refractivity contribution in [1.82, 2.24) is 14.7 Å². The number of amides is 1. The Hall–Kier alpha value is -1.93. The first-order valence-electron chi connectivity index (χ1n) is 8.90. The van der Waals surface area contributed by atoms with E-state index < -0.39 is 9.84 Å². The topological polar surface area (TPSA) is 72.3 Å². The second-order valence-electron chi connectivity index (χ2n) is 7.15. The van der Waals surface area contributed by atoms with E-state index in [1.165, 1.54) is 0 Å². The molecule has 0 unspecified atom stereocenters. The summed E-state index contributed by atoms with van der Waals surface area (Å²) in [5, 5.41) is 6.57. The molecule has 1 fully saturated rings. The number of nitrogens with zero attached hydrogens (tertiary/aromatic N) is 3. The van der Waals surface area contributed by atoms with E-state index in [0.29, 0.717) is 13.0 Å². The first kappa shape index (κ1) is 19.8. The second kappa shape index (κ2) is 7.59. The molecule has 0 radical (unpaired) electrons. The SMILES string of the molecule is Cc1ccsc1/C=C/C(=O)N(C)Cc1c(C)nn([C@H]2CCS(=O)(=O)C2)c1C. The molecule has 6 nitrogen and oxygen atoms in total. The lowest BCUT2D eigenvalue weighted by molar-refractivity contribution is -0.125. The minimum atomic E-state index is -2.97. The number of hydrogen-bond donors (Lipinski definition) is 0. The van der Waals surface area contributed by atoms with E-state index in [2.05, 4.69) is 5.10 Å². The molecule has 8 heteroatoms. The predicted octanol–water partition coefficient (Wildman–Crippen LogP) is 2.90. The number of carbonyl (C=O) groups excluding carboxylic acids is 1. The summed E-state index contributed by atoms with van der Waals surface area (Å²) in [6, 6.07) is 1.92. The van der Waals surface area contributed by atoms with Crippen LogP contribution >= 0.6 is 11.3 Å². The largest absolute Gasteiger partial charge is 0.338 e. The van der Waals surface area contributed by atoms with E-state index in [1.807, 2.05) is 43.0 Å². The molecule has 0 aliphatic carbocycles. The second-order valence-corrected chi connectivity index (χ2v) is 10.3. The van der Waals surface area contributed by atoms with Crippen LogP contribution in [0.4, 0.5) is 0 Å². The van der Waals surface area contributed by atoms with Crippen molar-refractivity contribution < 1.29 is 13.2 Å². The number of hydrogen-bond acceptors (Lipinski definition) is 5. The van der Waals surface area contributed by atoms with Gasteiger partial charge in [-0.05, 0) is 50.3 Å². The lowest BCUT2D eigenvalue weighted by Gasteiger charge is -2.16. The fourth-order valence-corrected chi connectivity index (χ4v) is 5.91. The molecule has 1 aliphatic heterocycles. The lowest BCUT2D eigenvalue weighted by Crippen LogP contribution is -2.24. The van der Waals surface area contributed by atoms with Crippen molar-refractivity contribution in [3.63, 3.8) is 0 Å². The number of aryl methyl sites for hydroxylation is 2. The number of aromatic nitrogens is 2. The Morgan fingerprint density at radius 2 is 2.15 bits per heavy atom. The number of carbonyl (C=O) groups is 1. The molecule has 3 rings (SSSR count). The minimum Gasteiger partial charge on any atom is -0.338 e. The zero-order valence-corrected chi connectivity index (χ0v) is 17.7. The van der Waals surface area contributed by atoms with Crippen molar-refractivity contribution in [1.29, 1.82) is 0 Å². The Morgan fingerprint density at radius 1 is 1.41 bits per heavy atom. The highest BCUT2D eigenvalue weighted by Gasteiger charge is 2.31. The smallest absolute Gasteiger partial charge is 0.246 e. The maximum Gasteiger partial charge on any atom is 0.246 e. The summed E-state index contributed by atoms with van der Waals surface area (Å²) in [7, 11) is -1.20. The van der Waals surface area contributed by atoms with Gasteiger partial charge in [-0.2, -0.15) is 5.10 Å². The highest BCUT2D eigenvalue weighted by molar-refractivity contribution is 7.91. The highest BCUT2D eigenvalue weighted by Crippen LogP contribution is 2.27. The molecule has 27 heavy (non-hydrogen) atoms. The Bertz CT molecular complexity index is 986. The van der Waals surface area contributed by atoms with Gasteiger partial charge >= 0.3 is 0 Å². The van der Waals surface area contributed by atoms with Crippen LogP contribution in [0.5, 0.6) is 0 Å². The molecule has 3 heterocycles. The molecule has 0 spiro atoms. The van der Waals surface area contributed by atoms with Crippen molar-refractivity contribution in [2.75, 3.05) is 18.6 Å². The third-order valence-corrected chi connectivity index (χ3v) is 7.81. The van der Waals surface area contributed by atoms with Gasteiger partial charge in [-0.15, -0.1) is 11.3 Å². The fraction of sp³-hybridized carbons (Fsp3) is 0.474. The van der Waals surface area contributed by atoms with Crippen molar-refractivity contribution in [3.05, 3.63) is 44.9 Å². The van der Waals surface area contributed by atoms with Crippen LogP contribution in [-0.2, 0) is 21.2 Å². The first-order valence-corrected chi connectivity index (χ1v) is 11.6. The van der Waals surface area contributed by atoms with Gasteiger partial charge in [0.1, 0.15) is 0 Å². The third-order valence-electron chi connectivity index (χ3n) is 5.08. The number of rotatable bonds is 5. The van der Waals surface area contributed by atoms with Crippen molar-refractivity contribution in [2.45, 2.75) is 39.8 Å². The van der Waals surface area contributed by atoms with Gasteiger partial charge in [0.05, 0.1) is 23.2 Å². The molecule has 0 N–H and O–H groups in total. The Labute approximate surface area is 164 Å². The Morgan fingerprint density at radius 3 is 2.74 bits per heavy atom. The molecule has 0 bridgehead atoms. The summed E-state index contributed by atoms with van der Waals surface area (Å²) >= 11 is 1.61. The molecule has 2 aromatic rings. The molecular weight excluding hydrogens is 382 g/mol. The predicted molar refractivity (Wildman–Crippen MR) is 109 cm³/mol. The first-order chi connectivity index (χ1) is 12.7. The standard InChI is InChI=1S/C19H25N3O3S2/c1-13-7-9-26-18(13)5-6-19(23)21(4)11-17-14(2)20-22(15(17)3)16-8-10-27(24,25)12-16/h5-7,9,16H,8,10-12H2,1-4H3/b6-5+/t16-/m0/s1. The maximum atomic E-state index is 12.5. The summed E-state index contributed by atoms with van der Waals surface area (Å²) in [6.07, 6.45) is 4.05. The van der Waals surface area contributed by atoms with E-state index in [9.17, 15) is 13.2 Å². The fourth-order valence-electron chi connectivity index (χ4n) is 3.39. The summed E-state index contributed by atoms with van der Waals surface area (Å²) < 4.78 is 25.4. The van der Waals surface area contributed by atoms with Crippen LogP contribution in [0.1, 0.15) is 39.9 Å². The van der Waals surface area contributed by atoms with Gasteiger partial charge in [0, 0.05) is 35.8 Å². The monoisotopic (exact) mass is 407 g/mol. The van der Waals surface area contributed by atoms with E-state index >= 15 is 0 Å². The summed E-state index contributed by atoms with van der Waals surface area (Å²) in [5.41, 5.74) is 3.92. The van der Waals surface area contributed by atoms with Gasteiger partial charge in [0.15, 0.2) is 9.84 Å². The highest BCUT2D eigenvalue weighted by atomic mass is 32.2. The van der Waals surface area contributed by atoms with E-state index in [4.69, 9.17) is 0 Å². The Balaban J connectivity index is 1.72. The third kappa shape index (κ3) is 4.32. The van der Waals surface area contributed by atoms with Crippen LogP contribution in [0.15, 0.2) is 17.5 Å². The number of sulfone groups is 1.